The monoisotopic (exact) mass is 452 g/mol. The lowest BCUT2D eigenvalue weighted by Crippen LogP contribution is -2.60. The SMILES string of the molecule is O=C(Nc1ccncc1)c1cccc(-c2ccc(O[C@H]3O[C@H](CO)[C@@H](O)[C@@H](O)[C@H]3O)cc2)c1. The van der Waals surface area contributed by atoms with Crippen LogP contribution in [0.2, 0.25) is 0 Å². The van der Waals surface area contributed by atoms with Gasteiger partial charge in [-0.2, -0.15) is 0 Å². The molecule has 1 aliphatic rings. The predicted octanol–water partition coefficient (Wildman–Crippen LogP) is 1.18. The molecule has 0 bridgehead atoms. The first-order chi connectivity index (χ1) is 16.0. The van der Waals surface area contributed by atoms with Crippen molar-refractivity contribution < 1.29 is 34.7 Å². The third-order valence-corrected chi connectivity index (χ3v) is 5.35. The molecule has 0 unspecified atom stereocenters. The fraction of sp³-hybridized carbons (Fsp3) is 0.250. The van der Waals surface area contributed by atoms with Crippen molar-refractivity contribution in [3.63, 3.8) is 0 Å². The first-order valence-electron chi connectivity index (χ1n) is 10.4. The van der Waals surface area contributed by atoms with E-state index >= 15 is 0 Å². The van der Waals surface area contributed by atoms with Gasteiger partial charge in [0.1, 0.15) is 30.2 Å². The molecule has 5 atom stereocenters. The summed E-state index contributed by atoms with van der Waals surface area (Å²) >= 11 is 0. The van der Waals surface area contributed by atoms with Crippen LogP contribution in [0.15, 0.2) is 73.1 Å². The van der Waals surface area contributed by atoms with Crippen LogP contribution in [0.4, 0.5) is 5.69 Å². The molecule has 3 aromatic rings. The number of aliphatic hydroxyl groups is 4. The molecular formula is C24H24N2O7. The Balaban J connectivity index is 1.45. The molecule has 9 heteroatoms. The zero-order chi connectivity index (χ0) is 23.4. The number of ether oxygens (including phenoxy) is 2. The smallest absolute Gasteiger partial charge is 0.255 e. The highest BCUT2D eigenvalue weighted by Gasteiger charge is 2.44. The quantitative estimate of drug-likeness (QED) is 0.375. The maximum Gasteiger partial charge on any atom is 0.255 e. The Bertz CT molecular complexity index is 1080. The molecular weight excluding hydrogens is 428 g/mol. The molecule has 5 N–H and O–H groups in total. The lowest BCUT2D eigenvalue weighted by atomic mass is 9.99. The number of carbonyl (C=O) groups is 1. The first kappa shape index (κ1) is 22.8. The average Bonchev–Trinajstić information content (AvgIpc) is 2.85. The van der Waals surface area contributed by atoms with E-state index in [1.807, 2.05) is 6.07 Å². The molecule has 0 aliphatic carbocycles. The second kappa shape index (κ2) is 10.1. The minimum absolute atomic E-state index is 0.245. The number of pyridine rings is 1. The van der Waals surface area contributed by atoms with E-state index in [2.05, 4.69) is 10.3 Å². The summed E-state index contributed by atoms with van der Waals surface area (Å²) in [5.41, 5.74) is 2.78. The second-order valence-electron chi connectivity index (χ2n) is 7.61. The molecule has 1 fully saturated rings. The highest BCUT2D eigenvalue weighted by Crippen LogP contribution is 2.27. The maximum absolute atomic E-state index is 12.6. The van der Waals surface area contributed by atoms with Gasteiger partial charge in [0.15, 0.2) is 0 Å². The van der Waals surface area contributed by atoms with Crippen LogP contribution in [0.3, 0.4) is 0 Å². The van der Waals surface area contributed by atoms with E-state index in [-0.39, 0.29) is 5.91 Å². The predicted molar refractivity (Wildman–Crippen MR) is 118 cm³/mol. The molecule has 0 radical (unpaired) electrons. The number of carbonyl (C=O) groups excluding carboxylic acids is 1. The maximum atomic E-state index is 12.6. The normalized spacial score (nSPS) is 24.8. The third kappa shape index (κ3) is 5.19. The van der Waals surface area contributed by atoms with E-state index in [1.54, 1.807) is 67.0 Å². The summed E-state index contributed by atoms with van der Waals surface area (Å²) in [7, 11) is 0. The van der Waals surface area contributed by atoms with Crippen LogP contribution < -0.4 is 10.1 Å². The van der Waals surface area contributed by atoms with Crippen LogP contribution in [0.5, 0.6) is 5.75 Å². The van der Waals surface area contributed by atoms with E-state index in [9.17, 15) is 25.2 Å². The molecule has 1 saturated heterocycles. The van der Waals surface area contributed by atoms with E-state index in [4.69, 9.17) is 9.47 Å². The van der Waals surface area contributed by atoms with Crippen molar-refractivity contribution in [1.29, 1.82) is 0 Å². The largest absolute Gasteiger partial charge is 0.462 e. The highest BCUT2D eigenvalue weighted by atomic mass is 16.7. The van der Waals surface area contributed by atoms with Gasteiger partial charge in [-0.1, -0.05) is 24.3 Å². The van der Waals surface area contributed by atoms with Crippen LogP contribution in [0.1, 0.15) is 10.4 Å². The topological polar surface area (TPSA) is 141 Å². The van der Waals surface area contributed by atoms with Crippen molar-refractivity contribution >= 4 is 11.6 Å². The molecule has 172 valence electrons. The molecule has 33 heavy (non-hydrogen) atoms. The summed E-state index contributed by atoms with van der Waals surface area (Å²) in [6.07, 6.45) is -3.56. The number of benzene rings is 2. The number of hydrogen-bond acceptors (Lipinski definition) is 8. The van der Waals surface area contributed by atoms with Gasteiger partial charge in [0.2, 0.25) is 6.29 Å². The van der Waals surface area contributed by atoms with Crippen molar-refractivity contribution in [3.8, 4) is 16.9 Å². The number of nitrogens with one attached hydrogen (secondary N) is 1. The average molecular weight is 452 g/mol. The van der Waals surface area contributed by atoms with Crippen LogP contribution >= 0.6 is 0 Å². The van der Waals surface area contributed by atoms with Gasteiger partial charge in [-0.25, -0.2) is 0 Å². The van der Waals surface area contributed by atoms with Gasteiger partial charge in [0.05, 0.1) is 6.61 Å². The molecule has 9 nitrogen and oxygen atoms in total. The Morgan fingerprint density at radius 3 is 2.36 bits per heavy atom. The van der Waals surface area contributed by atoms with Crippen LogP contribution in [0.25, 0.3) is 11.1 Å². The Labute approximate surface area is 189 Å². The van der Waals surface area contributed by atoms with Crippen molar-refractivity contribution in [2.75, 3.05) is 11.9 Å². The number of aromatic nitrogens is 1. The Hall–Kier alpha value is -3.34. The summed E-state index contributed by atoms with van der Waals surface area (Å²) in [5, 5.41) is 42.0. The molecule has 0 spiro atoms. The van der Waals surface area contributed by atoms with Crippen LogP contribution in [-0.2, 0) is 4.74 Å². The molecule has 4 rings (SSSR count). The third-order valence-electron chi connectivity index (χ3n) is 5.35. The van der Waals surface area contributed by atoms with Crippen molar-refractivity contribution in [3.05, 3.63) is 78.6 Å². The van der Waals surface area contributed by atoms with E-state index in [0.717, 1.165) is 11.1 Å². The summed E-state index contributed by atoms with van der Waals surface area (Å²) in [4.78, 5) is 16.5. The van der Waals surface area contributed by atoms with Crippen LogP contribution in [0, 0.1) is 0 Å². The molecule has 0 saturated carbocycles. The molecule has 1 aliphatic heterocycles. The Kier molecular flexibility index (Phi) is 6.97. The lowest BCUT2D eigenvalue weighted by molar-refractivity contribution is -0.277. The lowest BCUT2D eigenvalue weighted by Gasteiger charge is -2.39. The standard InChI is InChI=1S/C24H24N2O7/c27-13-19-20(28)21(29)22(30)24(33-19)32-18-6-4-14(5-7-18)15-2-1-3-16(12-15)23(31)26-17-8-10-25-11-9-17/h1-12,19-22,24,27-30H,13H2,(H,25,26,31)/t19-,20-,21-,22-,24+/m1/s1. The fourth-order valence-corrected chi connectivity index (χ4v) is 3.50. The molecule has 2 aromatic carbocycles. The zero-order valence-electron chi connectivity index (χ0n) is 17.5. The van der Waals surface area contributed by atoms with Gasteiger partial charge in [-0.05, 0) is 47.5 Å². The first-order valence-corrected chi connectivity index (χ1v) is 10.4. The second-order valence-corrected chi connectivity index (χ2v) is 7.61. The zero-order valence-corrected chi connectivity index (χ0v) is 17.5. The summed E-state index contributed by atoms with van der Waals surface area (Å²) < 4.78 is 11.0. The van der Waals surface area contributed by atoms with Crippen LogP contribution in [-0.4, -0.2) is 68.6 Å². The van der Waals surface area contributed by atoms with Gasteiger partial charge >= 0.3 is 0 Å². The van der Waals surface area contributed by atoms with Gasteiger partial charge < -0.3 is 35.2 Å². The number of aliphatic hydroxyl groups excluding tert-OH is 4. The Morgan fingerprint density at radius 2 is 1.67 bits per heavy atom. The van der Waals surface area contributed by atoms with Crippen molar-refractivity contribution in [1.82, 2.24) is 4.98 Å². The van der Waals surface area contributed by atoms with Gasteiger partial charge in [0, 0.05) is 23.6 Å². The summed E-state index contributed by atoms with van der Waals surface area (Å²) in [6, 6.07) is 17.4. The Morgan fingerprint density at radius 1 is 0.939 bits per heavy atom. The number of anilines is 1. The fourth-order valence-electron chi connectivity index (χ4n) is 3.50. The number of amides is 1. The highest BCUT2D eigenvalue weighted by molar-refractivity contribution is 6.04. The van der Waals surface area contributed by atoms with E-state index < -0.39 is 37.3 Å². The number of hydrogen-bond donors (Lipinski definition) is 5. The van der Waals surface area contributed by atoms with Gasteiger partial charge in [-0.3, -0.25) is 9.78 Å². The van der Waals surface area contributed by atoms with Crippen molar-refractivity contribution in [2.24, 2.45) is 0 Å². The molecule has 1 amide bonds. The van der Waals surface area contributed by atoms with E-state index in [1.165, 1.54) is 0 Å². The molecule has 1 aromatic heterocycles. The van der Waals surface area contributed by atoms with Crippen molar-refractivity contribution in [2.45, 2.75) is 30.7 Å². The number of rotatable bonds is 6. The van der Waals surface area contributed by atoms with Gasteiger partial charge in [0.25, 0.3) is 5.91 Å². The van der Waals surface area contributed by atoms with E-state index in [0.29, 0.717) is 17.0 Å². The minimum Gasteiger partial charge on any atom is -0.462 e. The number of nitrogens with zero attached hydrogens (tertiary/aromatic N) is 1. The summed E-state index contributed by atoms with van der Waals surface area (Å²) in [6.45, 7) is -0.533. The van der Waals surface area contributed by atoms with Gasteiger partial charge in [-0.15, -0.1) is 0 Å². The summed E-state index contributed by atoms with van der Waals surface area (Å²) in [5.74, 6) is 0.111. The minimum atomic E-state index is -1.51. The molecule has 2 heterocycles.